The Kier molecular flexibility index (Phi) is 5.17. The van der Waals surface area contributed by atoms with Crippen molar-refractivity contribution in [3.8, 4) is 0 Å². The number of halogens is 1. The van der Waals surface area contributed by atoms with E-state index in [0.717, 1.165) is 35.3 Å². The summed E-state index contributed by atoms with van der Waals surface area (Å²) in [6, 6.07) is 1.86. The van der Waals surface area contributed by atoms with Crippen LogP contribution in [0, 0.1) is 0 Å². The second kappa shape index (κ2) is 6.65. The third kappa shape index (κ3) is 3.54. The summed E-state index contributed by atoms with van der Waals surface area (Å²) in [5, 5.41) is 10.6. The fourth-order valence-electron chi connectivity index (χ4n) is 2.05. The first kappa shape index (κ1) is 14.0. The van der Waals surface area contributed by atoms with Crippen LogP contribution < -0.4 is 0 Å². The number of aliphatic hydroxyl groups excluding tert-OH is 1. The van der Waals surface area contributed by atoms with E-state index >= 15 is 0 Å². The molecule has 6 heteroatoms. The monoisotopic (exact) mass is 333 g/mol. The van der Waals surface area contributed by atoms with Crippen LogP contribution in [-0.2, 0) is 4.74 Å². The third-order valence-corrected chi connectivity index (χ3v) is 4.49. The summed E-state index contributed by atoms with van der Waals surface area (Å²) >= 11 is 4.89. The molecule has 1 aliphatic rings. The fraction of sp³-hybridized carbons (Fsp3) is 0.583. The van der Waals surface area contributed by atoms with Gasteiger partial charge in [0, 0.05) is 18.5 Å². The highest BCUT2D eigenvalue weighted by molar-refractivity contribution is 9.11. The summed E-state index contributed by atoms with van der Waals surface area (Å²) in [6.07, 6.45) is 1.86. The molecule has 0 aromatic carbocycles. The molecule has 0 saturated carbocycles. The minimum atomic E-state index is 0.0576. The van der Waals surface area contributed by atoms with Gasteiger partial charge in [-0.2, -0.15) is 0 Å². The highest BCUT2D eigenvalue weighted by Gasteiger charge is 2.24. The van der Waals surface area contributed by atoms with Crippen LogP contribution in [0.4, 0.5) is 0 Å². The smallest absolute Gasteiger partial charge is 0.254 e. The van der Waals surface area contributed by atoms with E-state index in [2.05, 4.69) is 15.9 Å². The van der Waals surface area contributed by atoms with Crippen molar-refractivity contribution in [2.24, 2.45) is 0 Å². The zero-order valence-electron chi connectivity index (χ0n) is 9.97. The first-order chi connectivity index (χ1) is 8.70. The van der Waals surface area contributed by atoms with Gasteiger partial charge in [0.25, 0.3) is 5.91 Å². The molecule has 18 heavy (non-hydrogen) atoms. The second-order valence-corrected chi connectivity index (χ2v) is 6.52. The lowest BCUT2D eigenvalue weighted by atomic mass is 10.1. The number of rotatable bonds is 4. The predicted molar refractivity (Wildman–Crippen MR) is 74.0 cm³/mol. The van der Waals surface area contributed by atoms with Crippen molar-refractivity contribution in [2.45, 2.75) is 18.9 Å². The highest BCUT2D eigenvalue weighted by atomic mass is 79.9. The highest BCUT2D eigenvalue weighted by Crippen LogP contribution is 2.23. The molecule has 4 nitrogen and oxygen atoms in total. The van der Waals surface area contributed by atoms with Crippen molar-refractivity contribution < 1.29 is 14.6 Å². The van der Waals surface area contributed by atoms with Gasteiger partial charge in [-0.1, -0.05) is 0 Å². The van der Waals surface area contributed by atoms with Crippen LogP contribution in [0.1, 0.15) is 23.2 Å². The molecule has 1 saturated heterocycles. The lowest BCUT2D eigenvalue weighted by molar-refractivity contribution is -0.00553. The van der Waals surface area contributed by atoms with Gasteiger partial charge < -0.3 is 14.7 Å². The molecule has 0 bridgehead atoms. The van der Waals surface area contributed by atoms with Crippen LogP contribution in [0.3, 0.4) is 0 Å². The Bertz CT molecular complexity index is 402. The molecule has 2 rings (SSSR count). The van der Waals surface area contributed by atoms with Gasteiger partial charge in [0.1, 0.15) is 0 Å². The van der Waals surface area contributed by atoms with E-state index < -0.39 is 0 Å². The number of ether oxygens (including phenoxy) is 1. The Morgan fingerprint density at radius 3 is 2.83 bits per heavy atom. The maximum Gasteiger partial charge on any atom is 0.254 e. The van der Waals surface area contributed by atoms with Gasteiger partial charge in [-0.15, -0.1) is 11.3 Å². The number of likely N-dealkylation sites (tertiary alicyclic amines) is 1. The summed E-state index contributed by atoms with van der Waals surface area (Å²) in [5.74, 6) is 0.0950. The molecule has 0 aliphatic carbocycles. The number of hydrogen-bond donors (Lipinski definition) is 1. The summed E-state index contributed by atoms with van der Waals surface area (Å²) in [4.78, 5) is 14.0. The molecule has 1 aliphatic heterocycles. The van der Waals surface area contributed by atoms with Crippen molar-refractivity contribution in [3.63, 3.8) is 0 Å². The standard InChI is InChI=1S/C12H16BrNO3S/c13-11-7-9(8-18-11)12(16)14-3-1-10(2-4-14)17-6-5-15/h7-8,10,15H,1-6H2. The lowest BCUT2D eigenvalue weighted by Crippen LogP contribution is -2.41. The van der Waals surface area contributed by atoms with Crippen molar-refractivity contribution in [2.75, 3.05) is 26.3 Å². The number of nitrogens with zero attached hydrogens (tertiary/aromatic N) is 1. The molecule has 1 amide bonds. The predicted octanol–water partition coefficient (Wildman–Crippen LogP) is 2.12. The molecule has 100 valence electrons. The van der Waals surface area contributed by atoms with E-state index in [-0.39, 0.29) is 18.6 Å². The minimum Gasteiger partial charge on any atom is -0.394 e. The fourth-order valence-corrected chi connectivity index (χ4v) is 3.18. The Balaban J connectivity index is 1.84. The van der Waals surface area contributed by atoms with E-state index in [9.17, 15) is 4.79 Å². The Morgan fingerprint density at radius 2 is 2.28 bits per heavy atom. The van der Waals surface area contributed by atoms with Gasteiger partial charge in [-0.3, -0.25) is 4.79 Å². The molecule has 2 heterocycles. The zero-order valence-corrected chi connectivity index (χ0v) is 12.4. The van der Waals surface area contributed by atoms with Gasteiger partial charge in [0.05, 0.1) is 28.7 Å². The number of hydrogen-bond acceptors (Lipinski definition) is 4. The van der Waals surface area contributed by atoms with E-state index in [0.29, 0.717) is 6.61 Å². The zero-order chi connectivity index (χ0) is 13.0. The van der Waals surface area contributed by atoms with Crippen LogP contribution in [0.15, 0.2) is 15.2 Å². The molecule has 1 fully saturated rings. The van der Waals surface area contributed by atoms with Crippen LogP contribution in [-0.4, -0.2) is 48.3 Å². The Hall–Kier alpha value is -0.430. The van der Waals surface area contributed by atoms with Crippen molar-refractivity contribution in [1.29, 1.82) is 0 Å². The van der Waals surface area contributed by atoms with Crippen LogP contribution in [0.2, 0.25) is 0 Å². The van der Waals surface area contributed by atoms with Crippen LogP contribution >= 0.6 is 27.3 Å². The number of amides is 1. The molecule has 0 spiro atoms. The van der Waals surface area contributed by atoms with Crippen molar-refractivity contribution >= 4 is 33.2 Å². The van der Waals surface area contributed by atoms with E-state index in [1.165, 1.54) is 11.3 Å². The number of carbonyl (C=O) groups excluding carboxylic acids is 1. The first-order valence-electron chi connectivity index (χ1n) is 5.96. The lowest BCUT2D eigenvalue weighted by Gasteiger charge is -2.31. The summed E-state index contributed by atoms with van der Waals surface area (Å²) < 4.78 is 6.46. The number of carbonyl (C=O) groups is 1. The second-order valence-electron chi connectivity index (χ2n) is 4.23. The van der Waals surface area contributed by atoms with Crippen molar-refractivity contribution in [1.82, 2.24) is 4.90 Å². The normalized spacial score (nSPS) is 17.1. The third-order valence-electron chi connectivity index (χ3n) is 2.99. The van der Waals surface area contributed by atoms with Crippen LogP contribution in [0.25, 0.3) is 0 Å². The van der Waals surface area contributed by atoms with E-state index in [1.54, 1.807) is 0 Å². The molecule has 1 aromatic rings. The first-order valence-corrected chi connectivity index (χ1v) is 7.63. The largest absolute Gasteiger partial charge is 0.394 e. The van der Waals surface area contributed by atoms with Gasteiger partial charge in [0.15, 0.2) is 0 Å². The summed E-state index contributed by atoms with van der Waals surface area (Å²) in [6.45, 7) is 1.89. The quantitative estimate of drug-likeness (QED) is 0.918. The van der Waals surface area contributed by atoms with Gasteiger partial charge in [-0.25, -0.2) is 0 Å². The molecule has 1 N–H and O–H groups in total. The maximum absolute atomic E-state index is 12.2. The molecule has 0 radical (unpaired) electrons. The average molecular weight is 334 g/mol. The van der Waals surface area contributed by atoms with E-state index in [4.69, 9.17) is 9.84 Å². The van der Waals surface area contributed by atoms with Crippen molar-refractivity contribution in [3.05, 3.63) is 20.8 Å². The molecule has 0 atom stereocenters. The maximum atomic E-state index is 12.2. The summed E-state index contributed by atoms with van der Waals surface area (Å²) in [5.41, 5.74) is 0.751. The van der Waals surface area contributed by atoms with Gasteiger partial charge >= 0.3 is 0 Å². The minimum absolute atomic E-state index is 0.0576. The SMILES string of the molecule is O=C(c1csc(Br)c1)N1CCC(OCCO)CC1. The molecule has 1 aromatic heterocycles. The molecular weight excluding hydrogens is 318 g/mol. The summed E-state index contributed by atoms with van der Waals surface area (Å²) in [7, 11) is 0. The van der Waals surface area contributed by atoms with E-state index in [1.807, 2.05) is 16.3 Å². The number of thiophene rings is 1. The number of piperidine rings is 1. The number of aliphatic hydroxyl groups is 1. The molecule has 0 unspecified atom stereocenters. The Morgan fingerprint density at radius 1 is 1.56 bits per heavy atom. The van der Waals surface area contributed by atoms with Crippen LogP contribution in [0.5, 0.6) is 0 Å². The Labute approximate surface area is 119 Å². The molecular formula is C12H16BrNO3S. The average Bonchev–Trinajstić information content (AvgIpc) is 2.83. The van der Waals surface area contributed by atoms with Gasteiger partial charge in [-0.05, 0) is 34.8 Å². The topological polar surface area (TPSA) is 49.8 Å². The van der Waals surface area contributed by atoms with Gasteiger partial charge in [0.2, 0.25) is 0 Å².